The monoisotopic (exact) mass is 598 g/mol. The molecule has 0 amide bonds. The third-order valence-electron chi connectivity index (χ3n) is 8.93. The Kier molecular flexibility index (Phi) is 9.63. The molecule has 0 radical (unpaired) electrons. The number of aliphatic hydroxyl groups is 2. The van der Waals surface area contributed by atoms with E-state index in [2.05, 4.69) is 0 Å². The largest absolute Gasteiger partial charge is 0.493 e. The number of hydrogen-bond donors (Lipinski definition) is 2. The number of ether oxygens (including phenoxy) is 2. The lowest BCUT2D eigenvalue weighted by Gasteiger charge is -2.35. The van der Waals surface area contributed by atoms with Gasteiger partial charge in [0.15, 0.2) is 0 Å². The lowest BCUT2D eigenvalue weighted by Crippen LogP contribution is -2.32. The van der Waals surface area contributed by atoms with Gasteiger partial charge in [0.2, 0.25) is 0 Å². The Bertz CT molecular complexity index is 1430. The molecule has 4 heteroatoms. The van der Waals surface area contributed by atoms with Gasteiger partial charge >= 0.3 is 0 Å². The van der Waals surface area contributed by atoms with Gasteiger partial charge in [0.05, 0.1) is 13.2 Å². The Balaban J connectivity index is 1.64. The Hall–Kier alpha value is -4.38. The highest BCUT2D eigenvalue weighted by molar-refractivity contribution is 5.61. The third kappa shape index (κ3) is 6.40. The smallest absolute Gasteiger partial charge is 0.144 e. The molecular formula is C41H42O4. The van der Waals surface area contributed by atoms with Crippen LogP contribution in [0.25, 0.3) is 0 Å². The van der Waals surface area contributed by atoms with Crippen molar-refractivity contribution in [2.24, 2.45) is 0 Å². The second-order valence-corrected chi connectivity index (χ2v) is 11.9. The van der Waals surface area contributed by atoms with Gasteiger partial charge in [-0.1, -0.05) is 153 Å². The maximum atomic E-state index is 12.9. The molecule has 5 aromatic rings. The first-order valence-electron chi connectivity index (χ1n) is 16.2. The minimum absolute atomic E-state index is 0.501. The molecule has 2 N–H and O–H groups in total. The molecule has 0 saturated carbocycles. The highest BCUT2D eigenvalue weighted by Crippen LogP contribution is 2.49. The minimum atomic E-state index is -1.54. The molecule has 7 rings (SSSR count). The van der Waals surface area contributed by atoms with E-state index in [1.54, 1.807) is 0 Å². The fourth-order valence-electron chi connectivity index (χ4n) is 6.49. The summed E-state index contributed by atoms with van der Waals surface area (Å²) in [6.07, 6.45) is 7.50. The van der Waals surface area contributed by atoms with Crippen molar-refractivity contribution in [3.05, 3.63) is 167 Å². The summed E-state index contributed by atoms with van der Waals surface area (Å²) in [4.78, 5) is 0. The molecule has 45 heavy (non-hydrogen) atoms. The average molecular weight is 599 g/mol. The lowest BCUT2D eigenvalue weighted by atomic mass is 9.76. The van der Waals surface area contributed by atoms with E-state index < -0.39 is 11.2 Å². The Morgan fingerprint density at radius 2 is 0.644 bits per heavy atom. The number of rotatable bonds is 6. The van der Waals surface area contributed by atoms with Gasteiger partial charge in [-0.3, -0.25) is 0 Å². The zero-order chi connectivity index (χ0) is 31.0. The van der Waals surface area contributed by atoms with Crippen molar-refractivity contribution in [3.63, 3.8) is 0 Å². The quantitative estimate of drug-likeness (QED) is 0.192. The van der Waals surface area contributed by atoms with Crippen LogP contribution >= 0.6 is 0 Å². The van der Waals surface area contributed by atoms with Gasteiger partial charge < -0.3 is 19.7 Å². The first-order chi connectivity index (χ1) is 22.1. The van der Waals surface area contributed by atoms with Crippen molar-refractivity contribution in [3.8, 4) is 11.5 Å². The van der Waals surface area contributed by atoms with Crippen molar-refractivity contribution >= 4 is 0 Å². The maximum Gasteiger partial charge on any atom is 0.144 e. The van der Waals surface area contributed by atoms with E-state index >= 15 is 0 Å². The van der Waals surface area contributed by atoms with Crippen molar-refractivity contribution < 1.29 is 19.7 Å². The van der Waals surface area contributed by atoms with E-state index in [1.165, 1.54) is 19.3 Å². The fraction of sp³-hybridized carbons (Fsp3) is 0.268. The van der Waals surface area contributed by atoms with Gasteiger partial charge in [-0.25, -0.2) is 0 Å². The fourth-order valence-corrected chi connectivity index (χ4v) is 6.49. The first-order valence-corrected chi connectivity index (χ1v) is 16.2. The predicted octanol–water partition coefficient (Wildman–Crippen LogP) is 8.76. The second-order valence-electron chi connectivity index (χ2n) is 11.9. The summed E-state index contributed by atoms with van der Waals surface area (Å²) in [7, 11) is 0. The zero-order valence-electron chi connectivity index (χ0n) is 25.8. The molecule has 230 valence electrons. The van der Waals surface area contributed by atoms with Gasteiger partial charge in [-0.05, 0) is 47.2 Å². The lowest BCUT2D eigenvalue weighted by molar-refractivity contribution is 0.113. The summed E-state index contributed by atoms with van der Waals surface area (Å²) in [6, 6.07) is 42.7. The molecule has 2 aliphatic rings. The van der Waals surface area contributed by atoms with Crippen molar-refractivity contribution in [2.45, 2.75) is 56.1 Å². The Morgan fingerprint density at radius 3 is 0.933 bits per heavy atom. The van der Waals surface area contributed by atoms with E-state index in [0.29, 0.717) is 35.8 Å². The molecule has 0 fully saturated rings. The molecule has 5 aromatic carbocycles. The molecule has 0 aliphatic carbocycles. The summed E-state index contributed by atoms with van der Waals surface area (Å²) in [6.45, 7) is 1.00. The van der Waals surface area contributed by atoms with Crippen LogP contribution in [-0.2, 0) is 11.2 Å². The minimum Gasteiger partial charge on any atom is -0.493 e. The molecule has 2 heterocycles. The van der Waals surface area contributed by atoms with Crippen LogP contribution in [0, 0.1) is 0 Å². The summed E-state index contributed by atoms with van der Waals surface area (Å²) < 4.78 is 13.3. The van der Waals surface area contributed by atoms with Crippen LogP contribution in [0.15, 0.2) is 133 Å². The highest BCUT2D eigenvalue weighted by atomic mass is 16.5. The van der Waals surface area contributed by atoms with Crippen molar-refractivity contribution in [1.82, 2.24) is 0 Å². The maximum absolute atomic E-state index is 12.9. The second kappa shape index (κ2) is 14.2. The average Bonchev–Trinajstić information content (AvgIpc) is 3.12. The normalized spacial score (nSPS) is 14.9. The van der Waals surface area contributed by atoms with Crippen LogP contribution in [0.2, 0.25) is 0 Å². The SMILES string of the molecule is OC(c1ccccc1)(c1ccccc1)c1cc2c(C(O)(c3ccccc3)c3ccccc3)cc1OCCCCCCCCCO2. The Labute approximate surface area is 266 Å². The van der Waals surface area contributed by atoms with Crippen LogP contribution in [0.3, 0.4) is 0 Å². The van der Waals surface area contributed by atoms with E-state index in [9.17, 15) is 10.2 Å². The van der Waals surface area contributed by atoms with Crippen molar-refractivity contribution in [2.75, 3.05) is 13.2 Å². The van der Waals surface area contributed by atoms with Gasteiger partial charge in [0, 0.05) is 11.1 Å². The van der Waals surface area contributed by atoms with E-state index in [1.807, 2.05) is 133 Å². The number of benzene rings is 5. The van der Waals surface area contributed by atoms with E-state index in [-0.39, 0.29) is 0 Å². The van der Waals surface area contributed by atoms with E-state index in [0.717, 1.165) is 47.9 Å². The molecule has 2 aliphatic heterocycles. The molecule has 0 atom stereocenters. The number of fused-ring (bicyclic) bond motifs is 12. The van der Waals surface area contributed by atoms with Gasteiger partial charge in [-0.2, -0.15) is 0 Å². The molecule has 0 saturated heterocycles. The predicted molar refractivity (Wildman–Crippen MR) is 180 cm³/mol. The van der Waals surface area contributed by atoms with Gasteiger partial charge in [-0.15, -0.1) is 0 Å². The summed E-state index contributed by atoms with van der Waals surface area (Å²) in [5.41, 5.74) is 0.963. The first kappa shape index (κ1) is 30.6. The number of hydrogen-bond acceptors (Lipinski definition) is 4. The standard InChI is InChI=1S/C41H42O4/c42-40(32-20-10-6-11-21-32,33-22-12-7-13-23-33)36-31-39-37(30-38(36)44-28-18-4-2-1-3-5-19-29-45-39)41(43,34-24-14-8-15-25-34)35-26-16-9-17-27-35/h6-17,20-27,30-31,42-43H,1-5,18-19,28-29H2. The summed E-state index contributed by atoms with van der Waals surface area (Å²) in [5.74, 6) is 1.04. The van der Waals surface area contributed by atoms with Gasteiger partial charge in [0.25, 0.3) is 0 Å². The molecule has 0 aromatic heterocycles. The zero-order valence-corrected chi connectivity index (χ0v) is 25.8. The molecular weight excluding hydrogens is 556 g/mol. The van der Waals surface area contributed by atoms with Crippen LogP contribution in [0.4, 0.5) is 0 Å². The van der Waals surface area contributed by atoms with Crippen molar-refractivity contribution in [1.29, 1.82) is 0 Å². The summed E-state index contributed by atoms with van der Waals surface area (Å²) in [5, 5.41) is 25.9. The topological polar surface area (TPSA) is 58.9 Å². The van der Waals surface area contributed by atoms with Crippen LogP contribution < -0.4 is 9.47 Å². The van der Waals surface area contributed by atoms with Crippen LogP contribution in [-0.4, -0.2) is 23.4 Å². The van der Waals surface area contributed by atoms with Crippen LogP contribution in [0.5, 0.6) is 11.5 Å². The highest BCUT2D eigenvalue weighted by Gasteiger charge is 2.42. The third-order valence-corrected chi connectivity index (χ3v) is 8.93. The Morgan fingerprint density at radius 1 is 0.378 bits per heavy atom. The molecule has 0 unspecified atom stereocenters. The van der Waals surface area contributed by atoms with E-state index in [4.69, 9.17) is 9.47 Å². The molecule has 0 spiro atoms. The van der Waals surface area contributed by atoms with Crippen LogP contribution in [0.1, 0.15) is 78.3 Å². The van der Waals surface area contributed by atoms with Gasteiger partial charge in [0.1, 0.15) is 22.7 Å². The molecule has 2 bridgehead atoms. The summed E-state index contributed by atoms with van der Waals surface area (Å²) >= 11 is 0. The molecule has 4 nitrogen and oxygen atoms in total.